The van der Waals surface area contributed by atoms with Crippen molar-refractivity contribution < 1.29 is 30.6 Å². The molecule has 1 aliphatic carbocycles. The molecular formula is C84H70N2O6. The third kappa shape index (κ3) is 12.0. The van der Waals surface area contributed by atoms with E-state index in [0.717, 1.165) is 124 Å². The zero-order valence-electron chi connectivity index (χ0n) is 52.3. The van der Waals surface area contributed by atoms with Crippen molar-refractivity contribution >= 4 is 55.5 Å². The van der Waals surface area contributed by atoms with Crippen LogP contribution in [0.1, 0.15) is 112 Å². The highest BCUT2D eigenvalue weighted by Gasteiger charge is 2.27. The van der Waals surface area contributed by atoms with Gasteiger partial charge in [-0.05, 0) is 186 Å². The molecule has 0 aromatic heterocycles. The number of aliphatic imine (C=N–C) groups is 2. The molecule has 0 aliphatic heterocycles. The number of phenols is 6. The third-order valence-corrected chi connectivity index (χ3v) is 17.8. The van der Waals surface area contributed by atoms with E-state index in [-0.39, 0.29) is 57.4 Å². The summed E-state index contributed by atoms with van der Waals surface area (Å²) >= 11 is 0. The highest BCUT2D eigenvalue weighted by Crippen LogP contribution is 2.47. The molecule has 0 amide bonds. The number of nitrogens with zero attached hydrogens (tertiary/aromatic N) is 2. The fourth-order valence-corrected chi connectivity index (χ4v) is 12.9. The monoisotopic (exact) mass is 1200 g/mol. The topological polar surface area (TPSA) is 146 Å². The van der Waals surface area contributed by atoms with Gasteiger partial charge in [0.25, 0.3) is 0 Å². The summed E-state index contributed by atoms with van der Waals surface area (Å²) in [6, 6.07) is 65.8. The Bertz CT molecular complexity index is 4780. The first kappa shape index (κ1) is 59.9. The van der Waals surface area contributed by atoms with Crippen LogP contribution in [0.15, 0.2) is 216 Å². The molecule has 6 N–H and O–H groups in total. The van der Waals surface area contributed by atoms with Gasteiger partial charge in [0.1, 0.15) is 34.5 Å². The predicted octanol–water partition coefficient (Wildman–Crippen LogP) is 19.4. The first-order valence-electron chi connectivity index (χ1n) is 31.3. The number of phenolic OH excluding ortho intramolecular Hbond substituents is 6. The first-order valence-corrected chi connectivity index (χ1v) is 31.3. The number of aromatic hydroxyl groups is 6. The molecule has 0 saturated heterocycles. The Hall–Kier alpha value is -11.1. The van der Waals surface area contributed by atoms with Crippen LogP contribution in [-0.4, -0.2) is 55.2 Å². The van der Waals surface area contributed by atoms with Crippen molar-refractivity contribution in [3.8, 4) is 103 Å². The zero-order chi connectivity index (χ0) is 64.0. The highest BCUT2D eigenvalue weighted by atomic mass is 16.3. The lowest BCUT2D eigenvalue weighted by atomic mass is 9.83. The molecule has 13 rings (SSSR count). The molecule has 0 bridgehead atoms. The van der Waals surface area contributed by atoms with Gasteiger partial charge in [-0.2, -0.15) is 0 Å². The molecule has 8 nitrogen and oxygen atoms in total. The lowest BCUT2D eigenvalue weighted by Crippen LogP contribution is -2.27. The van der Waals surface area contributed by atoms with Crippen molar-refractivity contribution in [2.45, 2.75) is 90.1 Å². The number of rotatable bonds is 8. The van der Waals surface area contributed by atoms with Gasteiger partial charge in [-0.1, -0.05) is 187 Å². The smallest absolute Gasteiger partial charge is 0.128 e. The lowest BCUT2D eigenvalue weighted by molar-refractivity contribution is 0.390. The molecule has 1 saturated carbocycles. The van der Waals surface area contributed by atoms with Gasteiger partial charge in [-0.15, -0.1) is 0 Å². The van der Waals surface area contributed by atoms with Gasteiger partial charge in [-0.3, -0.25) is 9.98 Å². The summed E-state index contributed by atoms with van der Waals surface area (Å²) in [5.74, 6) is 14.1. The van der Waals surface area contributed by atoms with Crippen molar-refractivity contribution in [3.05, 3.63) is 251 Å². The van der Waals surface area contributed by atoms with Crippen LogP contribution in [0.3, 0.4) is 0 Å². The molecule has 12 aromatic rings. The number of hydrogen-bond acceptors (Lipinski definition) is 8. The van der Waals surface area contributed by atoms with Crippen LogP contribution >= 0.6 is 0 Å². The highest BCUT2D eigenvalue weighted by molar-refractivity contribution is 6.11. The Morgan fingerprint density at radius 1 is 0.337 bits per heavy atom. The van der Waals surface area contributed by atoms with Gasteiger partial charge in [0.05, 0.1) is 12.1 Å². The van der Waals surface area contributed by atoms with E-state index in [9.17, 15) is 30.6 Å². The van der Waals surface area contributed by atoms with Gasteiger partial charge in [0, 0.05) is 79.2 Å². The average Bonchev–Trinajstić information content (AvgIpc) is 0.777. The van der Waals surface area contributed by atoms with Crippen LogP contribution in [0.5, 0.6) is 34.5 Å². The van der Waals surface area contributed by atoms with Crippen molar-refractivity contribution in [2.75, 3.05) is 0 Å². The predicted molar refractivity (Wildman–Crippen MR) is 378 cm³/mol. The van der Waals surface area contributed by atoms with Gasteiger partial charge in [-0.25, -0.2) is 0 Å². The minimum atomic E-state index is -0.371. The van der Waals surface area contributed by atoms with Gasteiger partial charge in [0.15, 0.2) is 0 Å². The van der Waals surface area contributed by atoms with E-state index < -0.39 is 0 Å². The number of hydrogen-bond donors (Lipinski definition) is 6. The van der Waals surface area contributed by atoms with Crippen LogP contribution in [0.25, 0.3) is 87.6 Å². The average molecular weight is 1200 g/mol. The van der Waals surface area contributed by atoms with E-state index in [1.165, 1.54) is 0 Å². The fourth-order valence-electron chi connectivity index (χ4n) is 12.9. The number of fused-ring (bicyclic) bond motifs is 4. The molecule has 1 fully saturated rings. The maximum Gasteiger partial charge on any atom is 0.128 e. The molecular weight excluding hydrogens is 1130 g/mol. The van der Waals surface area contributed by atoms with Crippen LogP contribution in [0.2, 0.25) is 0 Å². The molecule has 0 spiro atoms. The Labute approximate surface area is 536 Å². The summed E-state index contributed by atoms with van der Waals surface area (Å²) in [6.07, 6.45) is 7.33. The Kier molecular flexibility index (Phi) is 15.9. The largest absolute Gasteiger partial charge is 0.507 e. The molecule has 12 aromatic carbocycles. The van der Waals surface area contributed by atoms with Crippen molar-refractivity contribution in [1.29, 1.82) is 0 Å². The Balaban J connectivity index is 0.728. The second-order valence-electron chi connectivity index (χ2n) is 26.2. The van der Waals surface area contributed by atoms with Crippen molar-refractivity contribution in [1.82, 2.24) is 0 Å². The van der Waals surface area contributed by atoms with Gasteiger partial charge < -0.3 is 30.6 Å². The normalized spacial score (nSPS) is 14.5. The van der Waals surface area contributed by atoms with E-state index in [1.54, 1.807) is 24.3 Å². The molecule has 92 heavy (non-hydrogen) atoms. The minimum Gasteiger partial charge on any atom is -0.507 e. The van der Waals surface area contributed by atoms with E-state index in [0.29, 0.717) is 33.4 Å². The van der Waals surface area contributed by atoms with Crippen LogP contribution < -0.4 is 0 Å². The lowest BCUT2D eigenvalue weighted by Gasteiger charge is -2.26. The second kappa shape index (κ2) is 24.4. The molecule has 8 heteroatoms. The molecule has 1 aliphatic rings. The summed E-state index contributed by atoms with van der Waals surface area (Å²) < 4.78 is 0. The quantitative estimate of drug-likeness (QED) is 0.0660. The maximum absolute atomic E-state index is 11.9. The van der Waals surface area contributed by atoms with E-state index in [2.05, 4.69) is 102 Å². The summed E-state index contributed by atoms with van der Waals surface area (Å²) in [5, 5.41) is 75.3. The van der Waals surface area contributed by atoms with Crippen LogP contribution in [0, 0.1) is 23.7 Å². The summed E-state index contributed by atoms with van der Waals surface area (Å²) in [4.78, 5) is 10.4. The fraction of sp³-hybridized carbons (Fsp3) is 0.167. The third-order valence-electron chi connectivity index (χ3n) is 17.8. The molecule has 2 unspecified atom stereocenters. The Morgan fingerprint density at radius 3 is 1.03 bits per heavy atom. The molecule has 452 valence electrons. The number of benzene rings is 12. The van der Waals surface area contributed by atoms with Crippen molar-refractivity contribution in [3.63, 3.8) is 0 Å². The second-order valence-corrected chi connectivity index (χ2v) is 26.2. The van der Waals surface area contributed by atoms with Crippen LogP contribution in [-0.2, 0) is 10.8 Å². The van der Waals surface area contributed by atoms with Gasteiger partial charge in [0.2, 0.25) is 0 Å². The molecule has 2 atom stereocenters. The van der Waals surface area contributed by atoms with Crippen molar-refractivity contribution in [2.24, 2.45) is 9.98 Å². The minimum absolute atomic E-state index is 0.0897. The standard InChI is InChI=1S/C84H70N2O6/c1-83(2,3)69-47-61(55-29-23-51(24-30-55)19-21-53-27-37-67-59(43-53)35-41-75(89)79(67)77-65-15-9-7-13-57(65)33-39-73(77)87)45-63(81(69)91)49-85-71-17-11-12-18-72(71)86-50-64-46-62(48-70(82(64)92)84(4,5)6)56-31-25-52(26-32-56)20-22-54-28-38-68-60(44-54)36-42-76(90)80(68)78-66-16-10-8-14-58(66)34-40-74(78)88/h7-10,13-16,23-50,71-72,87-92H,11-12,17-18H2,1-6H3. The molecule has 0 heterocycles. The summed E-state index contributed by atoms with van der Waals surface area (Å²) in [5.41, 5.74) is 11.7. The van der Waals surface area contributed by atoms with E-state index in [1.807, 2.05) is 158 Å². The maximum atomic E-state index is 11.9. The summed E-state index contributed by atoms with van der Waals surface area (Å²) in [6.45, 7) is 12.6. The molecule has 0 radical (unpaired) electrons. The van der Waals surface area contributed by atoms with E-state index in [4.69, 9.17) is 9.98 Å². The Morgan fingerprint density at radius 2 is 0.663 bits per heavy atom. The zero-order valence-corrected chi connectivity index (χ0v) is 52.3. The van der Waals surface area contributed by atoms with Gasteiger partial charge >= 0.3 is 0 Å². The summed E-state index contributed by atoms with van der Waals surface area (Å²) in [7, 11) is 0. The van der Waals surface area contributed by atoms with Crippen LogP contribution in [0.4, 0.5) is 0 Å². The van der Waals surface area contributed by atoms with E-state index >= 15 is 0 Å². The first-order chi connectivity index (χ1) is 44.3. The SMILES string of the molecule is CC(C)(C)c1cc(-c2ccc(C#Cc3ccc4c(-c5c(O)ccc6ccccc56)c(O)ccc4c3)cc2)cc(C=NC2CCCCC2N=Cc2cc(-c3ccc(C#Cc4ccc5c(-c6c(O)ccc7ccccc67)c(O)ccc5c4)cc3)cc(C(C)(C)C)c2O)c1O.